The predicted molar refractivity (Wildman–Crippen MR) is 94.8 cm³/mol. The molecule has 1 saturated heterocycles. The lowest BCUT2D eigenvalue weighted by Gasteiger charge is -2.32. The van der Waals surface area contributed by atoms with E-state index in [1.165, 1.54) is 0 Å². The number of rotatable bonds is 3. The second kappa shape index (κ2) is 6.55. The normalized spacial score (nSPS) is 17.6. The van der Waals surface area contributed by atoms with Crippen LogP contribution in [-0.4, -0.2) is 46.2 Å². The van der Waals surface area contributed by atoms with Crippen LogP contribution in [0.15, 0.2) is 42.6 Å². The quantitative estimate of drug-likeness (QED) is 0.798. The van der Waals surface area contributed by atoms with Gasteiger partial charge >= 0.3 is 0 Å². The highest BCUT2D eigenvalue weighted by Crippen LogP contribution is 2.28. The van der Waals surface area contributed by atoms with Gasteiger partial charge in [0, 0.05) is 42.4 Å². The average Bonchev–Trinajstić information content (AvgIpc) is 3.21. The first-order valence-electron chi connectivity index (χ1n) is 8.48. The lowest BCUT2D eigenvalue weighted by atomic mass is 9.94. The zero-order chi connectivity index (χ0) is 17.2. The number of H-pyrrole nitrogens is 1. The van der Waals surface area contributed by atoms with Crippen LogP contribution in [0.2, 0.25) is 0 Å². The number of carbonyl (C=O) groups excluding carboxylic acids is 1. The summed E-state index contributed by atoms with van der Waals surface area (Å²) in [6.07, 6.45) is 3.80. The van der Waals surface area contributed by atoms with Crippen molar-refractivity contribution in [3.8, 4) is 5.88 Å². The molecule has 1 atom stereocenters. The Morgan fingerprint density at radius 1 is 1.32 bits per heavy atom. The number of nitrogens with one attached hydrogen (secondary N) is 1. The van der Waals surface area contributed by atoms with Crippen molar-refractivity contribution in [2.75, 3.05) is 20.2 Å². The molecule has 0 unspecified atom stereocenters. The molecule has 0 radical (unpaired) electrons. The third kappa shape index (κ3) is 2.95. The first-order chi connectivity index (χ1) is 12.3. The van der Waals surface area contributed by atoms with Gasteiger partial charge in [-0.05, 0) is 25.0 Å². The van der Waals surface area contributed by atoms with Crippen LogP contribution in [0.5, 0.6) is 5.88 Å². The van der Waals surface area contributed by atoms with Crippen LogP contribution in [0.25, 0.3) is 10.9 Å². The Kier molecular flexibility index (Phi) is 4.09. The van der Waals surface area contributed by atoms with Crippen LogP contribution >= 0.6 is 0 Å². The van der Waals surface area contributed by atoms with Crippen molar-refractivity contribution >= 4 is 16.8 Å². The van der Waals surface area contributed by atoms with Gasteiger partial charge in [0.15, 0.2) is 0 Å². The summed E-state index contributed by atoms with van der Waals surface area (Å²) in [7, 11) is 1.57. The summed E-state index contributed by atoms with van der Waals surface area (Å²) in [5, 5.41) is 7.93. The van der Waals surface area contributed by atoms with E-state index < -0.39 is 0 Å². The average molecular weight is 336 g/mol. The molecule has 25 heavy (non-hydrogen) atoms. The standard InChI is InChI=1S/C19H20N4O2/c1-25-18-11-15(14-6-2-3-7-17(14)21-18)19(24)23-10-4-5-13(12-23)16-8-9-20-22-16/h2-3,6-9,11,13H,4-5,10,12H2,1H3,(H,20,22)/t13-/m0/s1. The van der Waals surface area contributed by atoms with Gasteiger partial charge in [-0.3, -0.25) is 9.89 Å². The van der Waals surface area contributed by atoms with Crippen LogP contribution in [0.4, 0.5) is 0 Å². The Morgan fingerprint density at radius 2 is 2.20 bits per heavy atom. The SMILES string of the molecule is COc1cc(C(=O)N2CCC[C@H](c3ccn[nH]3)C2)c2ccccc2n1. The maximum atomic E-state index is 13.2. The Hall–Kier alpha value is -2.89. The van der Waals surface area contributed by atoms with E-state index in [0.29, 0.717) is 23.9 Å². The number of likely N-dealkylation sites (tertiary alicyclic amines) is 1. The molecule has 0 bridgehead atoms. The highest BCUT2D eigenvalue weighted by Gasteiger charge is 2.27. The molecular formula is C19H20N4O2. The molecule has 1 fully saturated rings. The molecular weight excluding hydrogens is 316 g/mol. The first-order valence-corrected chi connectivity index (χ1v) is 8.48. The number of hydrogen-bond donors (Lipinski definition) is 1. The molecule has 6 nitrogen and oxygen atoms in total. The highest BCUT2D eigenvalue weighted by atomic mass is 16.5. The summed E-state index contributed by atoms with van der Waals surface area (Å²) in [6, 6.07) is 11.4. The van der Waals surface area contributed by atoms with Crippen molar-refractivity contribution in [3.63, 3.8) is 0 Å². The maximum absolute atomic E-state index is 13.2. The summed E-state index contributed by atoms with van der Waals surface area (Å²) in [6.45, 7) is 1.46. The monoisotopic (exact) mass is 336 g/mol. The molecule has 2 aromatic heterocycles. The number of ether oxygens (including phenoxy) is 1. The molecule has 1 N–H and O–H groups in total. The number of hydrogen-bond acceptors (Lipinski definition) is 4. The summed E-state index contributed by atoms with van der Waals surface area (Å²) in [5.74, 6) is 0.792. The van der Waals surface area contributed by atoms with Crippen LogP contribution < -0.4 is 4.74 Å². The van der Waals surface area contributed by atoms with E-state index >= 15 is 0 Å². The second-order valence-corrected chi connectivity index (χ2v) is 6.33. The third-order valence-electron chi connectivity index (χ3n) is 4.80. The second-order valence-electron chi connectivity index (χ2n) is 6.33. The molecule has 1 aliphatic heterocycles. The molecule has 4 rings (SSSR count). The van der Waals surface area contributed by atoms with E-state index in [-0.39, 0.29) is 5.91 Å². The number of pyridine rings is 1. The largest absolute Gasteiger partial charge is 0.481 e. The molecule has 1 aliphatic rings. The minimum Gasteiger partial charge on any atom is -0.481 e. The number of fused-ring (bicyclic) bond motifs is 1. The summed E-state index contributed by atoms with van der Waals surface area (Å²) < 4.78 is 5.29. The van der Waals surface area contributed by atoms with Gasteiger partial charge in [0.25, 0.3) is 5.91 Å². The topological polar surface area (TPSA) is 71.1 Å². The molecule has 0 spiro atoms. The molecule has 3 heterocycles. The van der Waals surface area contributed by atoms with E-state index in [1.54, 1.807) is 19.4 Å². The van der Waals surface area contributed by atoms with Crippen molar-refractivity contribution in [1.82, 2.24) is 20.1 Å². The number of carbonyl (C=O) groups is 1. The van der Waals surface area contributed by atoms with E-state index in [0.717, 1.165) is 36.0 Å². The predicted octanol–water partition coefficient (Wildman–Crippen LogP) is 2.99. The van der Waals surface area contributed by atoms with Crippen molar-refractivity contribution < 1.29 is 9.53 Å². The Balaban J connectivity index is 1.67. The van der Waals surface area contributed by atoms with Gasteiger partial charge in [0.05, 0.1) is 18.2 Å². The fraction of sp³-hybridized carbons (Fsp3) is 0.316. The van der Waals surface area contributed by atoms with Gasteiger partial charge in [-0.2, -0.15) is 5.10 Å². The first kappa shape index (κ1) is 15.6. The number of piperidine rings is 1. The lowest BCUT2D eigenvalue weighted by Crippen LogP contribution is -2.39. The Labute approximate surface area is 145 Å². The molecule has 128 valence electrons. The highest BCUT2D eigenvalue weighted by molar-refractivity contribution is 6.06. The molecule has 0 saturated carbocycles. The summed E-state index contributed by atoms with van der Waals surface area (Å²) >= 11 is 0. The number of aromatic nitrogens is 3. The van der Waals surface area contributed by atoms with Gasteiger partial charge in [0.1, 0.15) is 0 Å². The lowest BCUT2D eigenvalue weighted by molar-refractivity contribution is 0.0707. The Morgan fingerprint density at radius 3 is 3.00 bits per heavy atom. The van der Waals surface area contributed by atoms with Crippen molar-refractivity contribution in [2.24, 2.45) is 0 Å². The molecule has 3 aromatic rings. The van der Waals surface area contributed by atoms with Gasteiger partial charge in [-0.15, -0.1) is 0 Å². The minimum atomic E-state index is 0.0288. The van der Waals surface area contributed by atoms with Gasteiger partial charge in [-0.1, -0.05) is 18.2 Å². The number of benzene rings is 1. The van der Waals surface area contributed by atoms with Crippen LogP contribution in [0.3, 0.4) is 0 Å². The fourth-order valence-corrected chi connectivity index (χ4v) is 3.51. The number of methoxy groups -OCH3 is 1. The van der Waals surface area contributed by atoms with E-state index in [9.17, 15) is 4.79 Å². The van der Waals surface area contributed by atoms with Gasteiger partial charge < -0.3 is 9.64 Å². The fourth-order valence-electron chi connectivity index (χ4n) is 3.51. The van der Waals surface area contributed by atoms with E-state index in [4.69, 9.17) is 4.74 Å². The van der Waals surface area contributed by atoms with Gasteiger partial charge in [-0.25, -0.2) is 4.98 Å². The third-order valence-corrected chi connectivity index (χ3v) is 4.80. The molecule has 6 heteroatoms. The summed E-state index contributed by atoms with van der Waals surface area (Å²) in [5.41, 5.74) is 2.51. The van der Waals surface area contributed by atoms with Crippen LogP contribution in [-0.2, 0) is 0 Å². The molecule has 0 aliphatic carbocycles. The number of nitrogens with zero attached hydrogens (tertiary/aromatic N) is 3. The maximum Gasteiger partial charge on any atom is 0.254 e. The molecule has 1 aromatic carbocycles. The van der Waals surface area contributed by atoms with E-state index in [1.807, 2.05) is 35.2 Å². The zero-order valence-electron chi connectivity index (χ0n) is 14.1. The van der Waals surface area contributed by atoms with E-state index in [2.05, 4.69) is 15.2 Å². The van der Waals surface area contributed by atoms with Crippen LogP contribution in [0.1, 0.15) is 34.8 Å². The number of aromatic amines is 1. The smallest absolute Gasteiger partial charge is 0.254 e. The number of para-hydroxylation sites is 1. The molecule has 1 amide bonds. The van der Waals surface area contributed by atoms with Crippen molar-refractivity contribution in [1.29, 1.82) is 0 Å². The zero-order valence-corrected chi connectivity index (χ0v) is 14.1. The van der Waals surface area contributed by atoms with Crippen molar-refractivity contribution in [3.05, 3.63) is 53.9 Å². The van der Waals surface area contributed by atoms with Crippen molar-refractivity contribution in [2.45, 2.75) is 18.8 Å². The Bertz CT molecular complexity index is 892. The minimum absolute atomic E-state index is 0.0288. The number of amides is 1. The van der Waals surface area contributed by atoms with Crippen LogP contribution in [0, 0.1) is 0 Å². The van der Waals surface area contributed by atoms with Gasteiger partial charge in [0.2, 0.25) is 5.88 Å². The summed E-state index contributed by atoms with van der Waals surface area (Å²) in [4.78, 5) is 19.6.